The zero-order valence-corrected chi connectivity index (χ0v) is 6.11. The van der Waals surface area contributed by atoms with Gasteiger partial charge in [-0.25, -0.2) is 0 Å². The highest BCUT2D eigenvalue weighted by Gasteiger charge is 1.96. The summed E-state index contributed by atoms with van der Waals surface area (Å²) in [6.07, 6.45) is 9.91. The fourth-order valence-corrected chi connectivity index (χ4v) is 0.983. The lowest BCUT2D eigenvalue weighted by atomic mass is 10.1. The molecule has 0 unspecified atom stereocenters. The molecule has 9 heavy (non-hydrogen) atoms. The summed E-state index contributed by atoms with van der Waals surface area (Å²) in [4.78, 5) is 0.931. The third-order valence-corrected chi connectivity index (χ3v) is 1.60. The lowest BCUT2D eigenvalue weighted by Crippen LogP contribution is -1.94. The Balaban J connectivity index is 2.91. The van der Waals surface area contributed by atoms with Crippen molar-refractivity contribution in [1.82, 2.24) is 0 Å². The third kappa shape index (κ3) is 1.36. The van der Waals surface area contributed by atoms with Gasteiger partial charge in [-0.2, -0.15) is 0 Å². The van der Waals surface area contributed by atoms with E-state index in [1.54, 1.807) is 0 Å². The van der Waals surface area contributed by atoms with Crippen molar-refractivity contribution in [3.8, 4) is 0 Å². The number of rotatable bonds is 0. The van der Waals surface area contributed by atoms with Crippen LogP contribution in [0.2, 0.25) is 0 Å². The largest absolute Gasteiger partial charge is 0.0795 e. The molecule has 0 N–H and O–H groups in total. The Morgan fingerprint density at radius 3 is 2.44 bits per heavy atom. The first-order chi connectivity index (χ1) is 4.34. The van der Waals surface area contributed by atoms with Crippen molar-refractivity contribution < 1.29 is 0 Å². The Hall–Kier alpha value is -0.690. The summed E-state index contributed by atoms with van der Waals surface area (Å²) in [6.45, 7) is 1.99. The van der Waals surface area contributed by atoms with E-state index in [2.05, 4.69) is 0 Å². The molecule has 0 saturated carbocycles. The van der Waals surface area contributed by atoms with Crippen LogP contribution in [-0.4, -0.2) is 4.86 Å². The summed E-state index contributed by atoms with van der Waals surface area (Å²) < 4.78 is 0. The molecule has 0 aromatic rings. The van der Waals surface area contributed by atoms with Crippen LogP contribution in [0.5, 0.6) is 0 Å². The van der Waals surface area contributed by atoms with Crippen molar-refractivity contribution >= 4 is 17.1 Å². The van der Waals surface area contributed by atoms with Crippen LogP contribution in [0, 0.1) is 0 Å². The van der Waals surface area contributed by atoms with E-state index in [9.17, 15) is 0 Å². The Labute approximate surface area is 60.6 Å². The lowest BCUT2D eigenvalue weighted by molar-refractivity contribution is 1.65. The summed E-state index contributed by atoms with van der Waals surface area (Å²) >= 11 is 5.02. The van der Waals surface area contributed by atoms with Gasteiger partial charge >= 0.3 is 0 Å². The Bertz CT molecular complexity index is 207. The monoisotopic (exact) mass is 136 g/mol. The first-order valence-corrected chi connectivity index (χ1v) is 3.31. The van der Waals surface area contributed by atoms with Gasteiger partial charge in [-0.3, -0.25) is 0 Å². The molecule has 0 amide bonds. The van der Waals surface area contributed by atoms with E-state index in [-0.39, 0.29) is 0 Å². The van der Waals surface area contributed by atoms with Gasteiger partial charge in [-0.15, -0.1) is 0 Å². The van der Waals surface area contributed by atoms with Gasteiger partial charge in [0.05, 0.1) is 0 Å². The number of allylic oxidation sites excluding steroid dienone is 6. The predicted molar refractivity (Wildman–Crippen MR) is 44.6 cm³/mol. The van der Waals surface area contributed by atoms with E-state index in [0.29, 0.717) is 0 Å². The van der Waals surface area contributed by atoms with E-state index >= 15 is 0 Å². The van der Waals surface area contributed by atoms with Gasteiger partial charge in [0.25, 0.3) is 0 Å². The standard InChI is InChI=1S/C8H8S/c1-2-7-5-3-4-6-8(7)9/h2-6H,1H3/b7-2+. The number of hydrogen-bond donors (Lipinski definition) is 0. The molecule has 0 bridgehead atoms. The highest BCUT2D eigenvalue weighted by Crippen LogP contribution is 2.06. The zero-order chi connectivity index (χ0) is 6.69. The molecule has 1 aliphatic rings. The molecule has 46 valence electrons. The summed E-state index contributed by atoms with van der Waals surface area (Å²) in [5.74, 6) is 0. The summed E-state index contributed by atoms with van der Waals surface area (Å²) in [7, 11) is 0. The van der Waals surface area contributed by atoms with Crippen LogP contribution in [0.1, 0.15) is 6.92 Å². The van der Waals surface area contributed by atoms with Gasteiger partial charge in [0, 0.05) is 4.86 Å². The molecule has 0 saturated heterocycles. The topological polar surface area (TPSA) is 0 Å². The number of hydrogen-bond acceptors (Lipinski definition) is 1. The minimum Gasteiger partial charge on any atom is -0.0795 e. The van der Waals surface area contributed by atoms with Gasteiger partial charge in [-0.1, -0.05) is 36.5 Å². The molecular weight excluding hydrogens is 128 g/mol. The molecular formula is C8H8S. The van der Waals surface area contributed by atoms with Crippen LogP contribution in [0.3, 0.4) is 0 Å². The van der Waals surface area contributed by atoms with Crippen molar-refractivity contribution in [2.24, 2.45) is 0 Å². The highest BCUT2D eigenvalue weighted by atomic mass is 32.1. The van der Waals surface area contributed by atoms with Crippen LogP contribution < -0.4 is 0 Å². The second kappa shape index (κ2) is 2.74. The molecule has 0 radical (unpaired) electrons. The molecule has 0 nitrogen and oxygen atoms in total. The Morgan fingerprint density at radius 2 is 2.00 bits per heavy atom. The van der Waals surface area contributed by atoms with Gasteiger partial charge < -0.3 is 0 Å². The molecule has 1 heteroatoms. The quantitative estimate of drug-likeness (QED) is 0.364. The highest BCUT2D eigenvalue weighted by molar-refractivity contribution is 7.81. The maximum absolute atomic E-state index is 5.02. The summed E-state index contributed by atoms with van der Waals surface area (Å²) in [6, 6.07) is 0. The number of thiocarbonyl (C=S) groups is 1. The molecule has 0 aromatic heterocycles. The van der Waals surface area contributed by atoms with Crippen molar-refractivity contribution in [1.29, 1.82) is 0 Å². The fraction of sp³-hybridized carbons (Fsp3) is 0.125. The molecule has 0 spiro atoms. The van der Waals surface area contributed by atoms with E-state index in [1.165, 1.54) is 0 Å². The van der Waals surface area contributed by atoms with E-state index in [1.807, 2.05) is 37.3 Å². The maximum atomic E-state index is 5.02. The lowest BCUT2D eigenvalue weighted by Gasteiger charge is -2.00. The van der Waals surface area contributed by atoms with Crippen molar-refractivity contribution in [2.75, 3.05) is 0 Å². The average molecular weight is 136 g/mol. The third-order valence-electron chi connectivity index (χ3n) is 1.23. The second-order valence-electron chi connectivity index (χ2n) is 1.83. The fourth-order valence-electron chi connectivity index (χ4n) is 0.719. The Kier molecular flexibility index (Phi) is 1.96. The molecule has 1 rings (SSSR count). The average Bonchev–Trinajstić information content (AvgIpc) is 1.89. The first-order valence-electron chi connectivity index (χ1n) is 2.90. The molecule has 1 aliphatic carbocycles. The predicted octanol–water partition coefficient (Wildman–Crippen LogP) is 2.43. The van der Waals surface area contributed by atoms with Crippen LogP contribution in [0.15, 0.2) is 36.0 Å². The van der Waals surface area contributed by atoms with Crippen molar-refractivity contribution in [3.63, 3.8) is 0 Å². The Morgan fingerprint density at radius 1 is 1.33 bits per heavy atom. The van der Waals surface area contributed by atoms with Gasteiger partial charge in [0.2, 0.25) is 0 Å². The van der Waals surface area contributed by atoms with Gasteiger partial charge in [0.1, 0.15) is 0 Å². The minimum atomic E-state index is 0.931. The van der Waals surface area contributed by atoms with E-state index < -0.39 is 0 Å². The summed E-state index contributed by atoms with van der Waals surface area (Å²) in [5, 5.41) is 0. The maximum Gasteiger partial charge on any atom is 0.0446 e. The van der Waals surface area contributed by atoms with Gasteiger partial charge in [-0.05, 0) is 18.6 Å². The van der Waals surface area contributed by atoms with Crippen molar-refractivity contribution in [2.45, 2.75) is 6.92 Å². The zero-order valence-electron chi connectivity index (χ0n) is 5.29. The second-order valence-corrected chi connectivity index (χ2v) is 2.27. The minimum absolute atomic E-state index is 0.931. The molecule has 0 aliphatic heterocycles. The van der Waals surface area contributed by atoms with Crippen LogP contribution in [0.4, 0.5) is 0 Å². The van der Waals surface area contributed by atoms with E-state index in [4.69, 9.17) is 12.2 Å². The smallest absolute Gasteiger partial charge is 0.0446 e. The normalized spacial score (nSPS) is 21.4. The molecule has 0 heterocycles. The SMILES string of the molecule is C/C=C1\C=CC=CC1=S. The van der Waals surface area contributed by atoms with Crippen molar-refractivity contribution in [3.05, 3.63) is 36.0 Å². The molecule has 0 fully saturated rings. The van der Waals surface area contributed by atoms with Crippen LogP contribution >= 0.6 is 12.2 Å². The van der Waals surface area contributed by atoms with E-state index in [0.717, 1.165) is 10.4 Å². The molecule has 0 aromatic carbocycles. The first kappa shape index (κ1) is 6.43. The van der Waals surface area contributed by atoms with Gasteiger partial charge in [0.15, 0.2) is 0 Å². The molecule has 0 atom stereocenters. The summed E-state index contributed by atoms with van der Waals surface area (Å²) in [5.41, 5.74) is 1.15. The van der Waals surface area contributed by atoms with Crippen LogP contribution in [-0.2, 0) is 0 Å². The van der Waals surface area contributed by atoms with Crippen LogP contribution in [0.25, 0.3) is 0 Å².